The van der Waals surface area contributed by atoms with Crippen molar-refractivity contribution in [1.29, 1.82) is 0 Å². The minimum Gasteiger partial charge on any atom is -0.377 e. The van der Waals surface area contributed by atoms with Crippen molar-refractivity contribution in [2.24, 2.45) is 5.73 Å². The minimum atomic E-state index is -0.267. The summed E-state index contributed by atoms with van der Waals surface area (Å²) in [5.74, 6) is 0. The first kappa shape index (κ1) is 12.2. The highest BCUT2D eigenvalue weighted by atomic mass is 79.9. The lowest BCUT2D eigenvalue weighted by molar-refractivity contribution is 0.000997. The van der Waals surface area contributed by atoms with E-state index in [4.69, 9.17) is 10.5 Å². The molecule has 0 saturated carbocycles. The third kappa shape index (κ3) is 3.05. The van der Waals surface area contributed by atoms with Crippen molar-refractivity contribution in [1.82, 2.24) is 0 Å². The average molecular weight is 278 g/mol. The largest absolute Gasteiger partial charge is 0.377 e. The van der Waals surface area contributed by atoms with Crippen LogP contribution in [0.25, 0.3) is 0 Å². The van der Waals surface area contributed by atoms with Crippen LogP contribution in [-0.4, -0.2) is 18.8 Å². The van der Waals surface area contributed by atoms with E-state index < -0.39 is 0 Å². The van der Waals surface area contributed by atoms with Crippen LogP contribution in [0.4, 0.5) is 0 Å². The molecule has 1 rings (SSSR count). The normalized spacial score (nSPS) is 14.4. The van der Waals surface area contributed by atoms with Crippen molar-refractivity contribution >= 4 is 27.3 Å². The van der Waals surface area contributed by atoms with Crippen molar-refractivity contribution in [2.75, 3.05) is 7.11 Å². The maximum absolute atomic E-state index is 6.07. The summed E-state index contributed by atoms with van der Waals surface area (Å²) >= 11 is 5.16. The van der Waals surface area contributed by atoms with E-state index >= 15 is 0 Å². The van der Waals surface area contributed by atoms with Crippen molar-refractivity contribution in [3.63, 3.8) is 0 Å². The van der Waals surface area contributed by atoms with Crippen LogP contribution in [0.3, 0.4) is 0 Å². The zero-order valence-corrected chi connectivity index (χ0v) is 11.1. The van der Waals surface area contributed by atoms with E-state index in [1.807, 2.05) is 19.9 Å². The van der Waals surface area contributed by atoms with Crippen molar-refractivity contribution in [3.8, 4) is 0 Å². The quantitative estimate of drug-likeness (QED) is 0.919. The summed E-state index contributed by atoms with van der Waals surface area (Å²) < 4.78 is 6.49. The summed E-state index contributed by atoms with van der Waals surface area (Å²) in [5.41, 5.74) is 5.80. The Bertz CT molecular complexity index is 298. The molecule has 0 bridgehead atoms. The van der Waals surface area contributed by atoms with E-state index in [1.165, 1.54) is 4.88 Å². The Balaban J connectivity index is 2.61. The van der Waals surface area contributed by atoms with Crippen LogP contribution in [0.15, 0.2) is 15.9 Å². The number of ether oxygens (including phenoxy) is 1. The molecule has 1 atom stereocenters. The Morgan fingerprint density at radius 1 is 1.57 bits per heavy atom. The first-order valence-electron chi connectivity index (χ1n) is 4.50. The Morgan fingerprint density at radius 3 is 2.64 bits per heavy atom. The van der Waals surface area contributed by atoms with E-state index in [9.17, 15) is 0 Å². The predicted molar refractivity (Wildman–Crippen MR) is 64.8 cm³/mol. The van der Waals surface area contributed by atoms with Gasteiger partial charge in [-0.2, -0.15) is 0 Å². The second-order valence-corrected chi connectivity index (χ2v) is 6.37. The van der Waals surface area contributed by atoms with Gasteiger partial charge in [-0.15, -0.1) is 11.3 Å². The highest BCUT2D eigenvalue weighted by molar-refractivity contribution is 9.11. The molecule has 1 heterocycles. The van der Waals surface area contributed by atoms with Crippen molar-refractivity contribution < 1.29 is 4.74 Å². The van der Waals surface area contributed by atoms with Crippen LogP contribution >= 0.6 is 27.3 Å². The third-order valence-corrected chi connectivity index (χ3v) is 4.11. The molecule has 1 unspecified atom stereocenters. The Labute approximate surface area is 97.6 Å². The van der Waals surface area contributed by atoms with Gasteiger partial charge in [0.1, 0.15) is 0 Å². The van der Waals surface area contributed by atoms with E-state index in [1.54, 1.807) is 18.4 Å². The van der Waals surface area contributed by atoms with Crippen LogP contribution in [-0.2, 0) is 11.2 Å². The highest BCUT2D eigenvalue weighted by Gasteiger charge is 2.26. The maximum atomic E-state index is 6.07. The van der Waals surface area contributed by atoms with Gasteiger partial charge in [0.2, 0.25) is 0 Å². The molecule has 4 heteroatoms. The highest BCUT2D eigenvalue weighted by Crippen LogP contribution is 2.25. The van der Waals surface area contributed by atoms with Gasteiger partial charge in [-0.25, -0.2) is 0 Å². The van der Waals surface area contributed by atoms with Crippen LogP contribution in [0, 0.1) is 0 Å². The van der Waals surface area contributed by atoms with Gasteiger partial charge in [-0.05, 0) is 48.3 Å². The number of thiophene rings is 1. The predicted octanol–water partition coefficient (Wildman–Crippen LogP) is 2.81. The molecule has 2 nitrogen and oxygen atoms in total. The Kier molecular flexibility index (Phi) is 4.13. The van der Waals surface area contributed by atoms with Crippen LogP contribution in [0.1, 0.15) is 18.7 Å². The molecule has 0 amide bonds. The van der Waals surface area contributed by atoms with E-state index in [0.717, 1.165) is 10.2 Å². The first-order valence-corrected chi connectivity index (χ1v) is 6.11. The topological polar surface area (TPSA) is 35.2 Å². The molecule has 0 aliphatic carbocycles. The molecule has 1 aromatic heterocycles. The summed E-state index contributed by atoms with van der Waals surface area (Å²) in [4.78, 5) is 1.29. The van der Waals surface area contributed by atoms with Crippen LogP contribution < -0.4 is 5.73 Å². The number of rotatable bonds is 4. The lowest BCUT2D eigenvalue weighted by atomic mass is 9.96. The molecular formula is C10H16BrNOS. The van der Waals surface area contributed by atoms with Gasteiger partial charge in [-0.3, -0.25) is 0 Å². The van der Waals surface area contributed by atoms with E-state index in [0.29, 0.717) is 0 Å². The molecule has 14 heavy (non-hydrogen) atoms. The van der Waals surface area contributed by atoms with Gasteiger partial charge in [0.15, 0.2) is 0 Å². The lowest BCUT2D eigenvalue weighted by Crippen LogP contribution is -2.45. The lowest BCUT2D eigenvalue weighted by Gasteiger charge is -2.29. The molecule has 0 aliphatic rings. The number of nitrogens with two attached hydrogens (primary N) is 1. The number of hydrogen-bond donors (Lipinski definition) is 1. The molecule has 0 saturated heterocycles. The van der Waals surface area contributed by atoms with Gasteiger partial charge in [0, 0.05) is 18.0 Å². The first-order chi connectivity index (χ1) is 6.45. The summed E-state index contributed by atoms with van der Waals surface area (Å²) in [7, 11) is 1.70. The third-order valence-electron chi connectivity index (χ3n) is 2.47. The number of hydrogen-bond acceptors (Lipinski definition) is 3. The molecular weight excluding hydrogens is 262 g/mol. The van der Waals surface area contributed by atoms with Crippen LogP contribution in [0.5, 0.6) is 0 Å². The smallest absolute Gasteiger partial charge is 0.0776 e. The molecule has 0 spiro atoms. The molecule has 80 valence electrons. The summed E-state index contributed by atoms with van der Waals surface area (Å²) in [5, 5.41) is 0. The Morgan fingerprint density at radius 2 is 2.21 bits per heavy atom. The molecule has 0 aliphatic heterocycles. The van der Waals surface area contributed by atoms with Crippen molar-refractivity contribution in [2.45, 2.75) is 31.9 Å². The number of halogens is 1. The van der Waals surface area contributed by atoms with Gasteiger partial charge < -0.3 is 10.5 Å². The molecule has 2 N–H and O–H groups in total. The number of methoxy groups -OCH3 is 1. The standard InChI is InChI=1S/C10H16BrNOS/c1-10(2,13-3)8(12)6-7-4-5-9(11)14-7/h4-5,8H,6,12H2,1-3H3. The van der Waals surface area contributed by atoms with Gasteiger partial charge in [-0.1, -0.05) is 0 Å². The van der Waals surface area contributed by atoms with Gasteiger partial charge in [0.05, 0.1) is 9.39 Å². The summed E-state index contributed by atoms with van der Waals surface area (Å²) in [6.45, 7) is 4.03. The molecule has 0 aromatic carbocycles. The minimum absolute atomic E-state index is 0.0260. The summed E-state index contributed by atoms with van der Waals surface area (Å²) in [6, 6.07) is 4.17. The van der Waals surface area contributed by atoms with Gasteiger partial charge in [0.25, 0.3) is 0 Å². The second kappa shape index (κ2) is 4.75. The van der Waals surface area contributed by atoms with Crippen molar-refractivity contribution in [3.05, 3.63) is 20.8 Å². The zero-order valence-electron chi connectivity index (χ0n) is 8.71. The fraction of sp³-hybridized carbons (Fsp3) is 0.600. The average Bonchev–Trinajstić information content (AvgIpc) is 2.51. The van der Waals surface area contributed by atoms with Crippen LogP contribution in [0.2, 0.25) is 0 Å². The monoisotopic (exact) mass is 277 g/mol. The van der Waals surface area contributed by atoms with E-state index in [-0.39, 0.29) is 11.6 Å². The molecule has 1 aromatic rings. The second-order valence-electron chi connectivity index (χ2n) is 3.82. The fourth-order valence-corrected chi connectivity index (χ4v) is 2.62. The maximum Gasteiger partial charge on any atom is 0.0776 e. The summed E-state index contributed by atoms with van der Waals surface area (Å²) in [6.07, 6.45) is 0.858. The fourth-order valence-electron chi connectivity index (χ4n) is 1.08. The molecule has 0 fully saturated rings. The zero-order chi connectivity index (χ0) is 10.8. The molecule has 0 radical (unpaired) electrons. The van der Waals surface area contributed by atoms with Gasteiger partial charge >= 0.3 is 0 Å². The SMILES string of the molecule is COC(C)(C)C(N)Cc1ccc(Br)s1. The Hall–Kier alpha value is 0.1000. The van der Waals surface area contributed by atoms with E-state index in [2.05, 4.69) is 22.0 Å².